The van der Waals surface area contributed by atoms with Crippen LogP contribution in [0.5, 0.6) is 0 Å². The Balaban J connectivity index is 1.32. The van der Waals surface area contributed by atoms with Crippen LogP contribution in [-0.4, -0.2) is 47.1 Å². The number of carbonyl (C=O) groups excluding carboxylic acids is 1. The first-order valence-corrected chi connectivity index (χ1v) is 12.2. The highest BCUT2D eigenvalue weighted by Crippen LogP contribution is 2.25. The molecule has 0 radical (unpaired) electrons. The van der Waals surface area contributed by atoms with Crippen LogP contribution in [0.15, 0.2) is 78.3 Å². The molecule has 0 saturated heterocycles. The molecular weight excluding hydrogens is 463 g/mol. The first-order chi connectivity index (χ1) is 17.1. The number of urea groups is 1. The molecule has 1 N–H and O–H groups in total. The number of rotatable bonds is 8. The molecule has 0 fully saturated rings. The van der Waals surface area contributed by atoms with Gasteiger partial charge in [0.1, 0.15) is 5.82 Å². The number of hydrogen-bond acceptors (Lipinski definition) is 4. The van der Waals surface area contributed by atoms with Crippen molar-refractivity contribution in [3.05, 3.63) is 89.8 Å². The average Bonchev–Trinajstić information content (AvgIpc) is 3.46. The van der Waals surface area contributed by atoms with E-state index in [1.807, 2.05) is 53.1 Å². The molecule has 5 aromatic rings. The maximum absolute atomic E-state index is 13.3. The maximum Gasteiger partial charge on any atom is 0.321 e. The van der Waals surface area contributed by atoms with Crippen LogP contribution < -0.4 is 5.32 Å². The molecule has 0 unspecified atom stereocenters. The number of thiazole rings is 1. The topological polar surface area (TPSA) is 58.9 Å². The van der Waals surface area contributed by atoms with E-state index in [1.54, 1.807) is 35.5 Å². The number of ether oxygens (including phenoxy) is 1. The molecule has 0 bridgehead atoms. The molecule has 2 amide bonds. The average molecular weight is 489 g/mol. The highest BCUT2D eigenvalue weighted by Gasteiger charge is 2.17. The number of nitrogens with one attached hydrogen (secondary N) is 1. The number of benzene rings is 3. The van der Waals surface area contributed by atoms with E-state index in [-0.39, 0.29) is 11.8 Å². The van der Waals surface area contributed by atoms with Gasteiger partial charge in [0.15, 0.2) is 4.96 Å². The van der Waals surface area contributed by atoms with Crippen LogP contribution in [0.1, 0.15) is 5.69 Å². The summed E-state index contributed by atoms with van der Waals surface area (Å²) in [5, 5.41) is 7.22. The van der Waals surface area contributed by atoms with Crippen LogP contribution in [0.25, 0.3) is 27.0 Å². The Morgan fingerprint density at radius 2 is 1.89 bits per heavy atom. The van der Waals surface area contributed by atoms with Crippen molar-refractivity contribution in [1.29, 1.82) is 0 Å². The minimum atomic E-state index is -0.270. The van der Waals surface area contributed by atoms with Gasteiger partial charge in [0.25, 0.3) is 0 Å². The van der Waals surface area contributed by atoms with Gasteiger partial charge in [0.2, 0.25) is 0 Å². The molecule has 8 heteroatoms. The van der Waals surface area contributed by atoms with Gasteiger partial charge in [-0.2, -0.15) is 0 Å². The molecule has 35 heavy (non-hydrogen) atoms. The van der Waals surface area contributed by atoms with Crippen molar-refractivity contribution in [1.82, 2.24) is 14.3 Å². The number of amides is 2. The lowest BCUT2D eigenvalue weighted by atomic mass is 10.1. The number of imidazole rings is 1. The lowest BCUT2D eigenvalue weighted by Gasteiger charge is -2.23. The second kappa shape index (κ2) is 10.2. The second-order valence-electron chi connectivity index (χ2n) is 8.20. The minimum Gasteiger partial charge on any atom is -0.383 e. The van der Waals surface area contributed by atoms with E-state index in [4.69, 9.17) is 4.74 Å². The van der Waals surface area contributed by atoms with Crippen LogP contribution in [0.4, 0.5) is 14.9 Å². The number of carbonyl (C=O) groups is 1. The summed E-state index contributed by atoms with van der Waals surface area (Å²) in [5.74, 6) is -0.270. The number of methoxy groups -OCH3 is 1. The number of fused-ring (bicyclic) bond motifs is 2. The van der Waals surface area contributed by atoms with Gasteiger partial charge in [0.05, 0.1) is 18.0 Å². The fourth-order valence-electron chi connectivity index (χ4n) is 4.06. The van der Waals surface area contributed by atoms with Crippen molar-refractivity contribution >= 4 is 38.8 Å². The van der Waals surface area contributed by atoms with E-state index >= 15 is 0 Å². The molecule has 2 aromatic heterocycles. The van der Waals surface area contributed by atoms with E-state index in [9.17, 15) is 9.18 Å². The summed E-state index contributed by atoms with van der Waals surface area (Å²) in [6.45, 7) is 1.45. The van der Waals surface area contributed by atoms with Gasteiger partial charge in [0, 0.05) is 54.8 Å². The Morgan fingerprint density at radius 3 is 2.71 bits per heavy atom. The van der Waals surface area contributed by atoms with Crippen LogP contribution in [0, 0.1) is 5.82 Å². The number of anilines is 1. The third-order valence-corrected chi connectivity index (χ3v) is 6.83. The maximum atomic E-state index is 13.3. The molecule has 3 aromatic carbocycles. The Morgan fingerprint density at radius 1 is 1.09 bits per heavy atom. The van der Waals surface area contributed by atoms with E-state index in [0.29, 0.717) is 26.1 Å². The predicted molar refractivity (Wildman–Crippen MR) is 139 cm³/mol. The van der Waals surface area contributed by atoms with Crippen molar-refractivity contribution in [3.63, 3.8) is 0 Å². The van der Waals surface area contributed by atoms with Gasteiger partial charge >= 0.3 is 6.03 Å². The summed E-state index contributed by atoms with van der Waals surface area (Å²) in [6, 6.07) is 20.0. The number of aromatic nitrogens is 2. The fraction of sp³-hybridized carbons (Fsp3) is 0.185. The third-order valence-electron chi connectivity index (χ3n) is 5.94. The van der Waals surface area contributed by atoms with Crippen LogP contribution in [-0.2, 0) is 11.2 Å². The molecule has 0 aliphatic carbocycles. The Hall–Kier alpha value is -3.75. The normalized spacial score (nSPS) is 11.3. The largest absolute Gasteiger partial charge is 0.383 e. The smallest absolute Gasteiger partial charge is 0.321 e. The van der Waals surface area contributed by atoms with Gasteiger partial charge in [-0.1, -0.05) is 36.4 Å². The molecule has 0 spiro atoms. The molecule has 0 saturated carbocycles. The summed E-state index contributed by atoms with van der Waals surface area (Å²) < 4.78 is 20.6. The second-order valence-corrected chi connectivity index (χ2v) is 9.04. The highest BCUT2D eigenvalue weighted by molar-refractivity contribution is 7.15. The van der Waals surface area contributed by atoms with E-state index in [2.05, 4.69) is 15.7 Å². The number of hydrogen-bond donors (Lipinski definition) is 1. The van der Waals surface area contributed by atoms with Crippen molar-refractivity contribution in [2.75, 3.05) is 32.1 Å². The SMILES string of the molecule is COCCN(CCc1csc2nc(-c3ccc(F)cc3)cn12)C(=O)Nc1cccc2ccccc12. The lowest BCUT2D eigenvalue weighted by molar-refractivity contribution is 0.155. The molecule has 0 aliphatic rings. The van der Waals surface area contributed by atoms with E-state index in [0.717, 1.165) is 38.4 Å². The van der Waals surface area contributed by atoms with Gasteiger partial charge in [-0.15, -0.1) is 11.3 Å². The summed E-state index contributed by atoms with van der Waals surface area (Å²) in [7, 11) is 1.63. The molecule has 6 nitrogen and oxygen atoms in total. The quantitative estimate of drug-likeness (QED) is 0.288. The lowest BCUT2D eigenvalue weighted by Crippen LogP contribution is -2.38. The first kappa shape index (κ1) is 23.0. The molecule has 178 valence electrons. The summed E-state index contributed by atoms with van der Waals surface area (Å²) >= 11 is 1.55. The van der Waals surface area contributed by atoms with Crippen molar-refractivity contribution < 1.29 is 13.9 Å². The Labute approximate surface area is 206 Å². The van der Waals surface area contributed by atoms with Crippen LogP contribution in [0.2, 0.25) is 0 Å². The highest BCUT2D eigenvalue weighted by atomic mass is 32.1. The molecule has 0 aliphatic heterocycles. The van der Waals surface area contributed by atoms with E-state index in [1.165, 1.54) is 12.1 Å². The number of nitrogens with zero attached hydrogens (tertiary/aromatic N) is 3. The zero-order chi connectivity index (χ0) is 24.2. The standard InChI is InChI=1S/C27H25FN4O2S/c1-34-16-15-31(26(33)29-24-8-4-6-19-5-2-3-7-23(19)24)14-13-22-18-35-27-30-25(17-32(22)27)20-9-11-21(28)12-10-20/h2-12,17-18H,13-16H2,1H3,(H,29,33). The molecule has 5 rings (SSSR count). The third kappa shape index (κ3) is 5.03. The van der Waals surface area contributed by atoms with Crippen molar-refractivity contribution in [2.45, 2.75) is 6.42 Å². The zero-order valence-corrected chi connectivity index (χ0v) is 20.1. The monoisotopic (exact) mass is 488 g/mol. The Kier molecular flexibility index (Phi) is 6.74. The molecule has 2 heterocycles. The summed E-state index contributed by atoms with van der Waals surface area (Å²) in [5.41, 5.74) is 3.51. The summed E-state index contributed by atoms with van der Waals surface area (Å²) in [6.07, 6.45) is 2.62. The van der Waals surface area contributed by atoms with Gasteiger partial charge in [-0.25, -0.2) is 14.2 Å². The number of halogens is 1. The minimum absolute atomic E-state index is 0.164. The van der Waals surface area contributed by atoms with Crippen molar-refractivity contribution in [2.24, 2.45) is 0 Å². The fourth-order valence-corrected chi connectivity index (χ4v) is 4.97. The summed E-state index contributed by atoms with van der Waals surface area (Å²) in [4.78, 5) is 20.5. The van der Waals surface area contributed by atoms with Crippen LogP contribution >= 0.6 is 11.3 Å². The van der Waals surface area contributed by atoms with Gasteiger partial charge in [-0.3, -0.25) is 4.40 Å². The zero-order valence-electron chi connectivity index (χ0n) is 19.3. The molecular formula is C27H25FN4O2S. The Bertz CT molecular complexity index is 1460. The predicted octanol–water partition coefficient (Wildman–Crippen LogP) is 6.08. The van der Waals surface area contributed by atoms with Gasteiger partial charge in [-0.05, 0) is 35.7 Å². The first-order valence-electron chi connectivity index (χ1n) is 11.4. The molecule has 0 atom stereocenters. The van der Waals surface area contributed by atoms with Crippen molar-refractivity contribution in [3.8, 4) is 11.3 Å². The van der Waals surface area contributed by atoms with Gasteiger partial charge < -0.3 is 15.0 Å². The van der Waals surface area contributed by atoms with E-state index < -0.39 is 0 Å². The van der Waals surface area contributed by atoms with Crippen LogP contribution in [0.3, 0.4) is 0 Å².